The highest BCUT2D eigenvalue weighted by molar-refractivity contribution is 8.13. The molecule has 1 atom stereocenters. The number of pyridine rings is 1. The van der Waals surface area contributed by atoms with Crippen molar-refractivity contribution in [3.8, 4) is 0 Å². The van der Waals surface area contributed by atoms with Crippen molar-refractivity contribution in [2.24, 2.45) is 5.92 Å². The minimum Gasteiger partial charge on any atom is -0.395 e. The van der Waals surface area contributed by atoms with E-state index in [4.69, 9.17) is 17.3 Å². The number of nitrogens with zero attached hydrogens (tertiary/aromatic N) is 2. The molecule has 2 rings (SSSR count). The molecule has 2 heterocycles. The lowest BCUT2D eigenvalue weighted by Crippen LogP contribution is -2.25. The fourth-order valence-electron chi connectivity index (χ4n) is 2.03. The number of rotatable bonds is 3. The highest BCUT2D eigenvalue weighted by Crippen LogP contribution is 2.33. The lowest BCUT2D eigenvalue weighted by molar-refractivity contribution is -0.117. The van der Waals surface area contributed by atoms with Gasteiger partial charge in [-0.15, -0.1) is 0 Å². The lowest BCUT2D eigenvalue weighted by Gasteiger charge is -2.18. The molecule has 1 unspecified atom stereocenters. The predicted octanol–water partition coefficient (Wildman–Crippen LogP) is 1.95. The van der Waals surface area contributed by atoms with E-state index in [1.54, 1.807) is 11.0 Å². The molecule has 1 aromatic heterocycles. The van der Waals surface area contributed by atoms with Crippen LogP contribution in [-0.4, -0.2) is 28.3 Å². The maximum absolute atomic E-state index is 12.0. The first-order chi connectivity index (χ1) is 8.99. The van der Waals surface area contributed by atoms with Gasteiger partial charge in [-0.1, -0.05) is 23.4 Å². The fraction of sp³-hybridized carbons (Fsp3) is 0.417. The lowest BCUT2D eigenvalue weighted by atomic mass is 10.1. The predicted molar refractivity (Wildman–Crippen MR) is 77.3 cm³/mol. The third-order valence-corrected chi connectivity index (χ3v) is 4.28. The minimum absolute atomic E-state index is 0.00289. The van der Waals surface area contributed by atoms with Gasteiger partial charge in [-0.3, -0.25) is 9.59 Å². The first-order valence-electron chi connectivity index (χ1n) is 5.82. The number of anilines is 2. The summed E-state index contributed by atoms with van der Waals surface area (Å²) < 4.78 is 0. The van der Waals surface area contributed by atoms with Gasteiger partial charge < -0.3 is 10.6 Å². The standard InChI is InChI=1S/C12H14ClN3O2S/c1-7(17)19-6-8-4-10(18)16(5-8)9-2-3-15-12(13)11(9)14/h2-3,8H,4-6,14H2,1H3. The summed E-state index contributed by atoms with van der Waals surface area (Å²) in [5.74, 6) is 0.812. The second-order valence-electron chi connectivity index (χ2n) is 4.41. The molecular formula is C12H14ClN3O2S. The smallest absolute Gasteiger partial charge is 0.227 e. The van der Waals surface area contributed by atoms with E-state index in [1.165, 1.54) is 24.9 Å². The van der Waals surface area contributed by atoms with Crippen molar-refractivity contribution in [3.05, 3.63) is 17.4 Å². The van der Waals surface area contributed by atoms with Crippen LogP contribution in [0.5, 0.6) is 0 Å². The maximum Gasteiger partial charge on any atom is 0.227 e. The van der Waals surface area contributed by atoms with Crippen LogP contribution in [-0.2, 0) is 9.59 Å². The van der Waals surface area contributed by atoms with Crippen LogP contribution in [0.25, 0.3) is 0 Å². The van der Waals surface area contributed by atoms with Gasteiger partial charge in [0, 0.05) is 31.8 Å². The van der Waals surface area contributed by atoms with Crippen LogP contribution in [0, 0.1) is 5.92 Å². The molecule has 19 heavy (non-hydrogen) atoms. The largest absolute Gasteiger partial charge is 0.395 e. The monoisotopic (exact) mass is 299 g/mol. The van der Waals surface area contributed by atoms with Crippen molar-refractivity contribution in [1.29, 1.82) is 0 Å². The molecule has 1 fully saturated rings. The van der Waals surface area contributed by atoms with E-state index < -0.39 is 0 Å². The SMILES string of the molecule is CC(=O)SCC1CC(=O)N(c2ccnc(Cl)c2N)C1. The Labute approximate surface area is 120 Å². The molecule has 1 aromatic rings. The van der Waals surface area contributed by atoms with Crippen LogP contribution in [0.15, 0.2) is 12.3 Å². The molecule has 2 N–H and O–H groups in total. The van der Waals surface area contributed by atoms with Gasteiger partial charge in [0.2, 0.25) is 5.91 Å². The second-order valence-corrected chi connectivity index (χ2v) is 5.97. The summed E-state index contributed by atoms with van der Waals surface area (Å²) in [7, 11) is 0. The molecule has 5 nitrogen and oxygen atoms in total. The van der Waals surface area contributed by atoms with Gasteiger partial charge in [0.25, 0.3) is 0 Å². The van der Waals surface area contributed by atoms with Crippen molar-refractivity contribution in [1.82, 2.24) is 4.98 Å². The first-order valence-corrected chi connectivity index (χ1v) is 7.19. The fourth-order valence-corrected chi connectivity index (χ4v) is 2.88. The van der Waals surface area contributed by atoms with Crippen molar-refractivity contribution in [2.75, 3.05) is 22.9 Å². The number of hydrogen-bond acceptors (Lipinski definition) is 5. The van der Waals surface area contributed by atoms with E-state index in [2.05, 4.69) is 4.98 Å². The Morgan fingerprint density at radius 1 is 1.68 bits per heavy atom. The zero-order valence-corrected chi connectivity index (χ0v) is 12.0. The quantitative estimate of drug-likeness (QED) is 0.863. The molecule has 1 amide bonds. The Bertz CT molecular complexity index is 524. The molecule has 1 aliphatic heterocycles. The van der Waals surface area contributed by atoms with Gasteiger partial charge in [0.1, 0.15) is 0 Å². The number of nitrogen functional groups attached to an aromatic ring is 1. The number of thioether (sulfide) groups is 1. The van der Waals surface area contributed by atoms with Crippen LogP contribution in [0.3, 0.4) is 0 Å². The van der Waals surface area contributed by atoms with Crippen LogP contribution in [0.2, 0.25) is 5.15 Å². The van der Waals surface area contributed by atoms with E-state index in [0.29, 0.717) is 30.1 Å². The van der Waals surface area contributed by atoms with Crippen molar-refractivity contribution in [3.63, 3.8) is 0 Å². The van der Waals surface area contributed by atoms with E-state index in [1.807, 2.05) is 0 Å². The summed E-state index contributed by atoms with van der Waals surface area (Å²) in [5, 5.41) is 0.268. The Balaban J connectivity index is 2.11. The maximum atomic E-state index is 12.0. The molecule has 0 saturated carbocycles. The third kappa shape index (κ3) is 3.19. The Morgan fingerprint density at radius 2 is 2.42 bits per heavy atom. The number of hydrogen-bond donors (Lipinski definition) is 1. The highest BCUT2D eigenvalue weighted by atomic mass is 35.5. The van der Waals surface area contributed by atoms with Crippen LogP contribution < -0.4 is 10.6 Å². The zero-order valence-electron chi connectivity index (χ0n) is 10.4. The number of nitrogens with two attached hydrogens (primary N) is 1. The van der Waals surface area contributed by atoms with Crippen LogP contribution in [0.4, 0.5) is 11.4 Å². The Morgan fingerprint density at radius 3 is 3.11 bits per heavy atom. The number of amides is 1. The molecule has 1 aliphatic rings. The van der Waals surface area contributed by atoms with Gasteiger partial charge >= 0.3 is 0 Å². The van der Waals surface area contributed by atoms with E-state index in [9.17, 15) is 9.59 Å². The molecule has 102 valence electrons. The van der Waals surface area contributed by atoms with Gasteiger partial charge in [0.05, 0.1) is 11.4 Å². The normalized spacial score (nSPS) is 18.9. The molecule has 0 aromatic carbocycles. The zero-order chi connectivity index (χ0) is 14.0. The highest BCUT2D eigenvalue weighted by Gasteiger charge is 2.32. The molecule has 0 spiro atoms. The molecule has 0 radical (unpaired) electrons. The van der Waals surface area contributed by atoms with Gasteiger partial charge in [0.15, 0.2) is 10.3 Å². The van der Waals surface area contributed by atoms with Gasteiger partial charge in [-0.25, -0.2) is 4.98 Å². The summed E-state index contributed by atoms with van der Waals surface area (Å²) in [6.45, 7) is 2.09. The van der Waals surface area contributed by atoms with Crippen molar-refractivity contribution in [2.45, 2.75) is 13.3 Å². The number of carbonyl (C=O) groups is 2. The summed E-state index contributed by atoms with van der Waals surface area (Å²) in [4.78, 5) is 28.4. The average molecular weight is 300 g/mol. The molecular weight excluding hydrogens is 286 g/mol. The topological polar surface area (TPSA) is 76.3 Å². The Hall–Kier alpha value is -1.27. The molecule has 7 heteroatoms. The van der Waals surface area contributed by atoms with Gasteiger partial charge in [-0.05, 0) is 12.0 Å². The van der Waals surface area contributed by atoms with E-state index in [0.717, 1.165) is 0 Å². The van der Waals surface area contributed by atoms with Crippen LogP contribution >= 0.6 is 23.4 Å². The summed E-state index contributed by atoms with van der Waals surface area (Å²) in [6, 6.07) is 1.68. The summed E-state index contributed by atoms with van der Waals surface area (Å²) in [6.07, 6.45) is 1.96. The average Bonchev–Trinajstić information content (AvgIpc) is 2.71. The van der Waals surface area contributed by atoms with Crippen molar-refractivity contribution < 1.29 is 9.59 Å². The number of aromatic nitrogens is 1. The van der Waals surface area contributed by atoms with E-state index in [-0.39, 0.29) is 22.1 Å². The second kappa shape index (κ2) is 5.79. The third-order valence-electron chi connectivity index (χ3n) is 2.94. The molecule has 0 bridgehead atoms. The van der Waals surface area contributed by atoms with E-state index >= 15 is 0 Å². The van der Waals surface area contributed by atoms with Crippen molar-refractivity contribution >= 4 is 45.8 Å². The van der Waals surface area contributed by atoms with Crippen LogP contribution in [0.1, 0.15) is 13.3 Å². The Kier molecular flexibility index (Phi) is 4.31. The number of halogens is 1. The molecule has 1 saturated heterocycles. The minimum atomic E-state index is 0.00289. The van der Waals surface area contributed by atoms with Gasteiger partial charge in [-0.2, -0.15) is 0 Å². The first kappa shape index (κ1) is 14.1. The number of carbonyl (C=O) groups excluding carboxylic acids is 2. The molecule has 0 aliphatic carbocycles. The summed E-state index contributed by atoms with van der Waals surface area (Å²) >= 11 is 7.10. The summed E-state index contributed by atoms with van der Waals surface area (Å²) in [5.41, 5.74) is 6.76.